The van der Waals surface area contributed by atoms with Crippen LogP contribution in [-0.2, 0) is 10.1 Å². The highest BCUT2D eigenvalue weighted by Crippen LogP contribution is 1.91. The van der Waals surface area contributed by atoms with Crippen LogP contribution in [0.25, 0.3) is 16.0 Å². The van der Waals surface area contributed by atoms with Gasteiger partial charge in [-0.3, -0.25) is 9.46 Å². The van der Waals surface area contributed by atoms with Gasteiger partial charge in [-0.2, -0.15) is 8.42 Å². The van der Waals surface area contributed by atoms with Crippen LogP contribution in [0.3, 0.4) is 0 Å². The van der Waals surface area contributed by atoms with Gasteiger partial charge >= 0.3 is 15.3 Å². The summed E-state index contributed by atoms with van der Waals surface area (Å²) in [5.74, 6) is 0. The molecule has 0 bridgehead atoms. The summed E-state index contributed by atoms with van der Waals surface area (Å²) in [6.45, 7) is 0. The largest absolute Gasteiger partial charge is 0.398 e. The molecule has 3 N–H and O–H groups in total. The maximum atomic E-state index is 10.2. The van der Waals surface area contributed by atoms with E-state index in [1.165, 1.54) is 17.3 Å². The normalized spacial score (nSPS) is 9.42. The molecule has 0 atom stereocenters. The zero-order valence-electron chi connectivity index (χ0n) is 5.67. The summed E-state index contributed by atoms with van der Waals surface area (Å²) in [7, 11) is -4.07. The molecule has 0 aromatic carbocycles. The van der Waals surface area contributed by atoms with Gasteiger partial charge in [0, 0.05) is 0 Å². The SMILES string of the molecule is O=S(=O)(O)c1[nH]cc[nH+]1.[N-]=[N+]=[N-]. The van der Waals surface area contributed by atoms with Crippen molar-refractivity contribution in [1.82, 2.24) is 4.98 Å². The first-order valence-corrected chi connectivity index (χ1v) is 3.97. The van der Waals surface area contributed by atoms with Crippen molar-refractivity contribution in [2.75, 3.05) is 0 Å². The Kier molecular flexibility index (Phi) is 3.77. The number of aromatic amines is 2. The van der Waals surface area contributed by atoms with Crippen molar-refractivity contribution < 1.29 is 18.0 Å². The van der Waals surface area contributed by atoms with E-state index in [1.54, 1.807) is 0 Å². The summed E-state index contributed by atoms with van der Waals surface area (Å²) in [5, 5.41) is -0.303. The second-order valence-corrected chi connectivity index (χ2v) is 2.87. The zero-order valence-corrected chi connectivity index (χ0v) is 6.48. The Morgan fingerprint density at radius 1 is 1.58 bits per heavy atom. The first-order chi connectivity index (χ1) is 5.52. The summed E-state index contributed by atoms with van der Waals surface area (Å²) in [4.78, 5) is 6.07. The quantitative estimate of drug-likeness (QED) is 0.277. The molecule has 66 valence electrons. The maximum absolute atomic E-state index is 10.2. The number of rotatable bonds is 1. The molecule has 1 heterocycles. The number of nitrogens with zero attached hydrogens (tertiary/aromatic N) is 3. The Bertz CT molecular complexity index is 347. The van der Waals surface area contributed by atoms with Crippen molar-refractivity contribution in [3.05, 3.63) is 28.4 Å². The highest BCUT2D eigenvalue weighted by atomic mass is 32.2. The van der Waals surface area contributed by atoms with E-state index in [0.717, 1.165) is 0 Å². The van der Waals surface area contributed by atoms with Crippen LogP contribution in [0.2, 0.25) is 0 Å². The Labute approximate surface area is 67.4 Å². The molecular formula is C3H5N5O3S. The molecule has 0 aliphatic carbocycles. The van der Waals surface area contributed by atoms with Crippen molar-refractivity contribution in [2.45, 2.75) is 5.16 Å². The summed E-state index contributed by atoms with van der Waals surface area (Å²) < 4.78 is 28.7. The Hall–Kier alpha value is -1.57. The fourth-order valence-corrected chi connectivity index (χ4v) is 0.859. The second-order valence-electron chi connectivity index (χ2n) is 1.52. The molecule has 1 aromatic heterocycles. The smallest absolute Gasteiger partial charge is 0.373 e. The molecule has 12 heavy (non-hydrogen) atoms. The Balaban J connectivity index is 0.000000354. The number of hydrogen-bond acceptors (Lipinski definition) is 2. The van der Waals surface area contributed by atoms with Crippen LogP contribution in [-0.4, -0.2) is 18.0 Å². The Morgan fingerprint density at radius 3 is 2.25 bits per heavy atom. The molecule has 0 amide bonds. The molecule has 0 saturated heterocycles. The monoisotopic (exact) mass is 191 g/mol. The van der Waals surface area contributed by atoms with Crippen LogP contribution in [0, 0.1) is 0 Å². The predicted molar refractivity (Wildman–Crippen MR) is 37.2 cm³/mol. The van der Waals surface area contributed by atoms with Crippen LogP contribution in [0.15, 0.2) is 17.6 Å². The van der Waals surface area contributed by atoms with Gasteiger partial charge in [0.2, 0.25) is 0 Å². The summed E-state index contributed by atoms with van der Waals surface area (Å²) in [5.41, 5.74) is 13.5. The minimum absolute atomic E-state index is 0.303. The van der Waals surface area contributed by atoms with Gasteiger partial charge in [0.1, 0.15) is 12.4 Å². The molecule has 8 nitrogen and oxygen atoms in total. The van der Waals surface area contributed by atoms with Crippen LogP contribution < -0.4 is 4.98 Å². The third-order valence-corrected chi connectivity index (χ3v) is 1.52. The van der Waals surface area contributed by atoms with E-state index < -0.39 is 10.1 Å². The average Bonchev–Trinajstić information content (AvgIpc) is 2.36. The molecule has 0 fully saturated rings. The first-order valence-electron chi connectivity index (χ1n) is 2.53. The number of imidazole rings is 1. The van der Waals surface area contributed by atoms with Gasteiger partial charge in [0.05, 0.1) is 0 Å². The van der Waals surface area contributed by atoms with E-state index in [2.05, 4.69) is 9.97 Å². The highest BCUT2D eigenvalue weighted by Gasteiger charge is 2.17. The van der Waals surface area contributed by atoms with E-state index in [0.29, 0.717) is 0 Å². The number of hydrogen-bond donors (Lipinski definition) is 2. The molecule has 0 aliphatic rings. The fraction of sp³-hybridized carbons (Fsp3) is 0. The molecule has 1 aromatic rings. The van der Waals surface area contributed by atoms with Gasteiger partial charge in [-0.15, -0.1) is 0 Å². The standard InChI is InChI=1S/C3H4N2O3S.N3/c6-9(7,8)3-4-1-2-5-3;1-3-2/h1-2H,(H,4,5)(H,6,7,8);/q;-1/p+1. The van der Waals surface area contributed by atoms with E-state index in [1.807, 2.05) is 0 Å². The Morgan fingerprint density at radius 2 is 2.08 bits per heavy atom. The maximum Gasteiger partial charge on any atom is 0.398 e. The van der Waals surface area contributed by atoms with Crippen molar-refractivity contribution in [3.63, 3.8) is 0 Å². The van der Waals surface area contributed by atoms with Gasteiger partial charge in [-0.1, -0.05) is 0 Å². The van der Waals surface area contributed by atoms with E-state index in [-0.39, 0.29) is 5.16 Å². The summed E-state index contributed by atoms with van der Waals surface area (Å²) >= 11 is 0. The lowest BCUT2D eigenvalue weighted by Gasteiger charge is -1.78. The number of aromatic nitrogens is 2. The summed E-state index contributed by atoms with van der Waals surface area (Å²) in [6.07, 6.45) is 2.73. The van der Waals surface area contributed by atoms with Gasteiger partial charge in [-0.05, 0) is 0 Å². The summed E-state index contributed by atoms with van der Waals surface area (Å²) in [6, 6.07) is 0. The minimum atomic E-state index is -4.07. The van der Waals surface area contributed by atoms with Crippen molar-refractivity contribution >= 4 is 10.1 Å². The fourth-order valence-electron chi connectivity index (χ4n) is 0.425. The molecule has 0 unspecified atom stereocenters. The molecule has 0 spiro atoms. The van der Waals surface area contributed by atoms with Crippen molar-refractivity contribution in [3.8, 4) is 0 Å². The molecular weight excluding hydrogens is 186 g/mol. The predicted octanol–water partition coefficient (Wildman–Crippen LogP) is -0.0584. The molecule has 0 saturated carbocycles. The lowest BCUT2D eigenvalue weighted by atomic mass is 11.0. The number of nitrogens with one attached hydrogen (secondary N) is 2. The van der Waals surface area contributed by atoms with E-state index >= 15 is 0 Å². The third-order valence-electron chi connectivity index (χ3n) is 0.770. The molecule has 0 aliphatic heterocycles. The van der Waals surface area contributed by atoms with Gasteiger partial charge in [-0.25, -0.2) is 9.97 Å². The lowest BCUT2D eigenvalue weighted by Crippen LogP contribution is -2.12. The average molecular weight is 191 g/mol. The first kappa shape index (κ1) is 10.4. The van der Waals surface area contributed by atoms with Gasteiger partial charge < -0.3 is 11.1 Å². The van der Waals surface area contributed by atoms with Crippen molar-refractivity contribution in [2.24, 2.45) is 0 Å². The minimum Gasteiger partial charge on any atom is -0.373 e. The van der Waals surface area contributed by atoms with Crippen LogP contribution in [0.4, 0.5) is 0 Å². The number of H-pyrrole nitrogens is 2. The van der Waals surface area contributed by atoms with Gasteiger partial charge in [0.15, 0.2) is 0 Å². The van der Waals surface area contributed by atoms with Gasteiger partial charge in [0.25, 0.3) is 0 Å². The van der Waals surface area contributed by atoms with Crippen LogP contribution >= 0.6 is 0 Å². The van der Waals surface area contributed by atoms with Crippen LogP contribution in [0.1, 0.15) is 0 Å². The lowest BCUT2D eigenvalue weighted by molar-refractivity contribution is -0.427. The highest BCUT2D eigenvalue weighted by molar-refractivity contribution is 7.85. The van der Waals surface area contributed by atoms with Crippen LogP contribution in [0.5, 0.6) is 0 Å². The van der Waals surface area contributed by atoms with E-state index in [9.17, 15) is 8.42 Å². The zero-order chi connectivity index (χ0) is 9.61. The second kappa shape index (κ2) is 4.34. The molecule has 0 radical (unpaired) electrons. The molecule has 9 heteroatoms. The third kappa shape index (κ3) is 3.56. The van der Waals surface area contributed by atoms with E-state index in [4.69, 9.17) is 15.6 Å². The topological polar surface area (TPSA) is 143 Å². The van der Waals surface area contributed by atoms with Crippen molar-refractivity contribution in [1.29, 1.82) is 0 Å². The molecule has 1 rings (SSSR count).